The third-order valence-electron chi connectivity index (χ3n) is 3.94. The van der Waals surface area contributed by atoms with Gasteiger partial charge in [0.15, 0.2) is 0 Å². The largest absolute Gasteiger partial charge is 0.444 e. The molecule has 0 N–H and O–H groups in total. The molecule has 0 radical (unpaired) electrons. The fourth-order valence-electron chi connectivity index (χ4n) is 2.82. The summed E-state index contributed by atoms with van der Waals surface area (Å²) in [6.45, 7) is 8.15. The molecule has 2 saturated heterocycles. The first kappa shape index (κ1) is 16.6. The summed E-state index contributed by atoms with van der Waals surface area (Å²) in [7, 11) is 0. The van der Waals surface area contributed by atoms with Crippen LogP contribution in [0.3, 0.4) is 0 Å². The summed E-state index contributed by atoms with van der Waals surface area (Å²) >= 11 is 0. The minimum absolute atomic E-state index is 0.0334. The van der Waals surface area contributed by atoms with Crippen LogP contribution in [0, 0.1) is 0 Å². The normalized spacial score (nSPS) is 22.7. The molecule has 0 spiro atoms. The van der Waals surface area contributed by atoms with Crippen molar-refractivity contribution in [2.45, 2.75) is 45.3 Å². The van der Waals surface area contributed by atoms with Gasteiger partial charge < -0.3 is 14.5 Å². The number of carbonyl (C=O) groups is 3. The quantitative estimate of drug-likeness (QED) is 0.703. The Hall–Kier alpha value is -1.79. The summed E-state index contributed by atoms with van der Waals surface area (Å²) in [5.74, 6) is -0.0334. The van der Waals surface area contributed by atoms with Crippen LogP contribution in [0.1, 0.15) is 33.6 Å². The van der Waals surface area contributed by atoms with Crippen molar-refractivity contribution in [2.24, 2.45) is 0 Å². The van der Waals surface area contributed by atoms with E-state index in [0.717, 1.165) is 12.8 Å². The highest BCUT2D eigenvalue weighted by molar-refractivity contribution is 5.86. The van der Waals surface area contributed by atoms with E-state index in [9.17, 15) is 14.4 Å². The maximum atomic E-state index is 12.6. The fourth-order valence-corrected chi connectivity index (χ4v) is 2.82. The molecule has 7 nitrogen and oxygen atoms in total. The number of amides is 3. The second-order valence-electron chi connectivity index (χ2n) is 6.80. The van der Waals surface area contributed by atoms with Crippen molar-refractivity contribution in [1.82, 2.24) is 14.7 Å². The second kappa shape index (κ2) is 6.54. The molecule has 0 bridgehead atoms. The van der Waals surface area contributed by atoms with E-state index in [2.05, 4.69) is 0 Å². The summed E-state index contributed by atoms with van der Waals surface area (Å²) in [5, 5.41) is 0. The molecule has 2 heterocycles. The van der Waals surface area contributed by atoms with Gasteiger partial charge in [0.05, 0.1) is 0 Å². The first-order valence-corrected chi connectivity index (χ1v) is 7.79. The summed E-state index contributed by atoms with van der Waals surface area (Å²) < 4.78 is 5.39. The molecule has 2 aliphatic rings. The van der Waals surface area contributed by atoms with E-state index in [0.29, 0.717) is 39.1 Å². The number of piperazine rings is 1. The maximum absolute atomic E-state index is 12.6. The van der Waals surface area contributed by atoms with Gasteiger partial charge in [-0.25, -0.2) is 4.79 Å². The highest BCUT2D eigenvalue weighted by Crippen LogP contribution is 2.22. The lowest BCUT2D eigenvalue weighted by Crippen LogP contribution is -2.54. The van der Waals surface area contributed by atoms with Gasteiger partial charge in [-0.3, -0.25) is 14.5 Å². The first-order chi connectivity index (χ1) is 10.3. The molecule has 7 heteroatoms. The SMILES string of the molecule is CC(C)(C)OC(=O)N1CCCC1C(=O)N1CCN(C=O)CC1. The zero-order chi connectivity index (χ0) is 16.3. The van der Waals surface area contributed by atoms with Crippen LogP contribution >= 0.6 is 0 Å². The fraction of sp³-hybridized carbons (Fsp3) is 0.800. The van der Waals surface area contributed by atoms with Gasteiger partial charge in [-0.15, -0.1) is 0 Å². The van der Waals surface area contributed by atoms with Gasteiger partial charge in [0.2, 0.25) is 12.3 Å². The van der Waals surface area contributed by atoms with Crippen LogP contribution in [-0.2, 0) is 14.3 Å². The number of hydrogen-bond acceptors (Lipinski definition) is 4. The predicted molar refractivity (Wildman–Crippen MR) is 80.2 cm³/mol. The van der Waals surface area contributed by atoms with Gasteiger partial charge >= 0.3 is 6.09 Å². The van der Waals surface area contributed by atoms with E-state index in [1.54, 1.807) is 14.7 Å². The summed E-state index contributed by atoms with van der Waals surface area (Å²) in [6.07, 6.45) is 1.87. The van der Waals surface area contributed by atoms with Crippen molar-refractivity contribution in [3.63, 3.8) is 0 Å². The standard InChI is InChI=1S/C15H25N3O4/c1-15(2,3)22-14(21)18-6-4-5-12(18)13(20)17-9-7-16(11-19)8-10-17/h11-12H,4-10H2,1-3H3. The van der Waals surface area contributed by atoms with Gasteiger partial charge in [-0.05, 0) is 33.6 Å². The molecule has 1 atom stereocenters. The van der Waals surface area contributed by atoms with Crippen LogP contribution in [0.25, 0.3) is 0 Å². The Labute approximate surface area is 131 Å². The average Bonchev–Trinajstić information content (AvgIpc) is 2.94. The molecule has 2 rings (SSSR count). The van der Waals surface area contributed by atoms with Gasteiger partial charge in [0.25, 0.3) is 0 Å². The summed E-state index contributed by atoms with van der Waals surface area (Å²) in [5.41, 5.74) is -0.567. The molecule has 2 aliphatic heterocycles. The highest BCUT2D eigenvalue weighted by atomic mass is 16.6. The van der Waals surface area contributed by atoms with Crippen molar-refractivity contribution in [3.05, 3.63) is 0 Å². The van der Waals surface area contributed by atoms with Crippen molar-refractivity contribution in [1.29, 1.82) is 0 Å². The average molecular weight is 311 g/mol. The molecule has 0 saturated carbocycles. The van der Waals surface area contributed by atoms with E-state index in [-0.39, 0.29) is 5.91 Å². The second-order valence-corrected chi connectivity index (χ2v) is 6.80. The molecule has 0 aliphatic carbocycles. The molecule has 22 heavy (non-hydrogen) atoms. The van der Waals surface area contributed by atoms with E-state index in [1.807, 2.05) is 20.8 Å². The van der Waals surface area contributed by atoms with Crippen molar-refractivity contribution < 1.29 is 19.1 Å². The Balaban J connectivity index is 1.96. The molecular formula is C15H25N3O4. The van der Waals surface area contributed by atoms with Crippen LogP contribution in [-0.4, -0.2) is 77.5 Å². The van der Waals surface area contributed by atoms with E-state index in [4.69, 9.17) is 4.74 Å². The zero-order valence-corrected chi connectivity index (χ0v) is 13.6. The Bertz CT molecular complexity index is 439. The molecule has 3 amide bonds. The molecule has 0 aromatic rings. The molecule has 124 valence electrons. The van der Waals surface area contributed by atoms with Crippen LogP contribution in [0.15, 0.2) is 0 Å². The number of likely N-dealkylation sites (tertiary alicyclic amines) is 1. The Morgan fingerprint density at radius 2 is 1.73 bits per heavy atom. The predicted octanol–water partition coefficient (Wildman–Crippen LogP) is 0.687. The number of rotatable bonds is 2. The van der Waals surface area contributed by atoms with Crippen LogP contribution in [0.4, 0.5) is 4.79 Å². The molecular weight excluding hydrogens is 286 g/mol. The Morgan fingerprint density at radius 1 is 1.09 bits per heavy atom. The third kappa shape index (κ3) is 3.90. The number of nitrogens with zero attached hydrogens (tertiary/aromatic N) is 3. The van der Waals surface area contributed by atoms with E-state index >= 15 is 0 Å². The van der Waals surface area contributed by atoms with Gasteiger partial charge in [-0.1, -0.05) is 0 Å². The lowest BCUT2D eigenvalue weighted by molar-refractivity contribution is -0.139. The topological polar surface area (TPSA) is 70.2 Å². The maximum Gasteiger partial charge on any atom is 0.410 e. The number of carbonyl (C=O) groups excluding carboxylic acids is 3. The highest BCUT2D eigenvalue weighted by Gasteiger charge is 2.39. The Morgan fingerprint density at radius 3 is 2.27 bits per heavy atom. The smallest absolute Gasteiger partial charge is 0.410 e. The first-order valence-electron chi connectivity index (χ1n) is 7.79. The minimum atomic E-state index is -0.567. The van der Waals surface area contributed by atoms with Gasteiger partial charge in [0.1, 0.15) is 11.6 Å². The summed E-state index contributed by atoms with van der Waals surface area (Å²) in [4.78, 5) is 40.5. The molecule has 1 unspecified atom stereocenters. The number of hydrogen-bond donors (Lipinski definition) is 0. The molecule has 0 aromatic heterocycles. The summed E-state index contributed by atoms with van der Waals surface area (Å²) in [6, 6.07) is -0.433. The monoisotopic (exact) mass is 311 g/mol. The van der Waals surface area contributed by atoms with Crippen LogP contribution < -0.4 is 0 Å². The minimum Gasteiger partial charge on any atom is -0.444 e. The van der Waals surface area contributed by atoms with Crippen molar-refractivity contribution >= 4 is 18.4 Å². The van der Waals surface area contributed by atoms with Gasteiger partial charge in [-0.2, -0.15) is 0 Å². The Kier molecular flexibility index (Phi) is 4.93. The lowest BCUT2D eigenvalue weighted by Gasteiger charge is -2.36. The molecule has 2 fully saturated rings. The molecule has 0 aromatic carbocycles. The lowest BCUT2D eigenvalue weighted by atomic mass is 10.1. The number of ether oxygens (including phenoxy) is 1. The van der Waals surface area contributed by atoms with Crippen molar-refractivity contribution in [3.8, 4) is 0 Å². The van der Waals surface area contributed by atoms with Crippen LogP contribution in [0.5, 0.6) is 0 Å². The zero-order valence-electron chi connectivity index (χ0n) is 13.6. The van der Waals surface area contributed by atoms with Crippen molar-refractivity contribution in [2.75, 3.05) is 32.7 Å². The third-order valence-corrected chi connectivity index (χ3v) is 3.94. The van der Waals surface area contributed by atoms with Gasteiger partial charge in [0, 0.05) is 32.7 Å². The van der Waals surface area contributed by atoms with Crippen LogP contribution in [0.2, 0.25) is 0 Å². The van der Waals surface area contributed by atoms with E-state index in [1.165, 1.54) is 0 Å². The van der Waals surface area contributed by atoms with E-state index < -0.39 is 17.7 Å².